The second kappa shape index (κ2) is 7.13. The van der Waals surface area contributed by atoms with Crippen LogP contribution in [0.1, 0.15) is 25.3 Å². The molecule has 0 bridgehead atoms. The molecule has 0 atom stereocenters. The van der Waals surface area contributed by atoms with Crippen LogP contribution >= 0.6 is 0 Å². The highest BCUT2D eigenvalue weighted by Crippen LogP contribution is 2.25. The average Bonchev–Trinajstić information content (AvgIpc) is 3.14. The van der Waals surface area contributed by atoms with E-state index < -0.39 is 0 Å². The topological polar surface area (TPSA) is 73.7 Å². The van der Waals surface area contributed by atoms with E-state index in [0.717, 1.165) is 64.5 Å². The number of nitrogens with zero attached hydrogens (tertiary/aromatic N) is 5. The van der Waals surface area contributed by atoms with Crippen molar-refractivity contribution in [2.45, 2.75) is 25.3 Å². The van der Waals surface area contributed by atoms with Crippen molar-refractivity contribution in [3.05, 3.63) is 12.4 Å². The molecule has 136 valence electrons. The van der Waals surface area contributed by atoms with Crippen molar-refractivity contribution >= 4 is 17.5 Å². The van der Waals surface area contributed by atoms with Crippen LogP contribution in [0.2, 0.25) is 0 Å². The van der Waals surface area contributed by atoms with E-state index in [1.165, 1.54) is 0 Å². The van der Waals surface area contributed by atoms with Gasteiger partial charge >= 0.3 is 0 Å². The Morgan fingerprint density at radius 1 is 1.08 bits per heavy atom. The van der Waals surface area contributed by atoms with Crippen LogP contribution in [0.3, 0.4) is 0 Å². The molecule has 8 heteroatoms. The van der Waals surface area contributed by atoms with Gasteiger partial charge < -0.3 is 10.2 Å². The molecule has 4 heterocycles. The van der Waals surface area contributed by atoms with E-state index in [1.807, 2.05) is 22.0 Å². The van der Waals surface area contributed by atoms with E-state index in [1.54, 1.807) is 0 Å². The lowest BCUT2D eigenvalue weighted by Crippen LogP contribution is -2.50. The Kier molecular flexibility index (Phi) is 4.72. The second-order valence-corrected chi connectivity index (χ2v) is 7.18. The quantitative estimate of drug-likeness (QED) is 0.792. The highest BCUT2D eigenvalue weighted by Gasteiger charge is 2.30. The smallest absolute Gasteiger partial charge is 0.227 e. The van der Waals surface area contributed by atoms with Crippen LogP contribution in [0.25, 0.3) is 0 Å². The number of amides is 2. The van der Waals surface area contributed by atoms with Gasteiger partial charge in [-0.1, -0.05) is 0 Å². The first-order chi connectivity index (χ1) is 12.2. The third-order valence-electron chi connectivity index (χ3n) is 5.42. The van der Waals surface area contributed by atoms with Crippen LogP contribution in [-0.4, -0.2) is 83.8 Å². The van der Waals surface area contributed by atoms with Gasteiger partial charge in [0.25, 0.3) is 0 Å². The van der Waals surface area contributed by atoms with E-state index in [9.17, 15) is 9.59 Å². The van der Waals surface area contributed by atoms with Gasteiger partial charge in [0.2, 0.25) is 11.8 Å². The molecule has 3 fully saturated rings. The molecule has 3 aliphatic heterocycles. The number of carbonyl (C=O) groups is 2. The summed E-state index contributed by atoms with van der Waals surface area (Å²) in [5, 5.41) is 7.38. The lowest BCUT2D eigenvalue weighted by molar-refractivity contribution is -0.120. The van der Waals surface area contributed by atoms with Crippen LogP contribution < -0.4 is 10.2 Å². The van der Waals surface area contributed by atoms with Crippen LogP contribution in [0.5, 0.6) is 0 Å². The van der Waals surface area contributed by atoms with Crippen molar-refractivity contribution in [3.63, 3.8) is 0 Å². The minimum atomic E-state index is 0.164. The first-order valence-electron chi connectivity index (χ1n) is 9.25. The monoisotopic (exact) mass is 346 g/mol. The fraction of sp³-hybridized carbons (Fsp3) is 0.706. The summed E-state index contributed by atoms with van der Waals surface area (Å²) in [4.78, 5) is 29.8. The molecule has 1 N–H and O–H groups in total. The zero-order valence-electron chi connectivity index (χ0n) is 14.6. The van der Waals surface area contributed by atoms with Crippen molar-refractivity contribution in [1.82, 2.24) is 24.9 Å². The predicted molar refractivity (Wildman–Crippen MR) is 93.4 cm³/mol. The largest absolute Gasteiger partial charge is 0.355 e. The molecular formula is C17H26N6O2. The lowest BCUT2D eigenvalue weighted by atomic mass is 10.1. The van der Waals surface area contributed by atoms with Gasteiger partial charge in [-0.3, -0.25) is 24.1 Å². The van der Waals surface area contributed by atoms with Crippen LogP contribution in [0.4, 0.5) is 5.69 Å². The van der Waals surface area contributed by atoms with Crippen molar-refractivity contribution in [3.8, 4) is 0 Å². The Hall–Kier alpha value is -1.93. The van der Waals surface area contributed by atoms with Gasteiger partial charge in [0.05, 0.1) is 17.9 Å². The van der Waals surface area contributed by atoms with E-state index >= 15 is 0 Å². The summed E-state index contributed by atoms with van der Waals surface area (Å²) in [6, 6.07) is 0.402. The SMILES string of the molecule is O=C1CCN(CCN2CC(n3cc(N4CCCC4=O)cn3)C2)CCN1. The fourth-order valence-corrected chi connectivity index (χ4v) is 3.80. The normalized spacial score (nSPS) is 23.6. The number of rotatable bonds is 5. The lowest BCUT2D eigenvalue weighted by Gasteiger charge is -2.40. The maximum absolute atomic E-state index is 11.8. The number of hydrogen-bond acceptors (Lipinski definition) is 5. The van der Waals surface area contributed by atoms with Crippen molar-refractivity contribution < 1.29 is 9.59 Å². The third kappa shape index (κ3) is 3.69. The second-order valence-electron chi connectivity index (χ2n) is 7.18. The van der Waals surface area contributed by atoms with Gasteiger partial charge in [0.15, 0.2) is 0 Å². The molecule has 0 aromatic carbocycles. The van der Waals surface area contributed by atoms with Gasteiger partial charge in [-0.25, -0.2) is 0 Å². The molecule has 25 heavy (non-hydrogen) atoms. The van der Waals surface area contributed by atoms with E-state index in [0.29, 0.717) is 18.9 Å². The zero-order chi connectivity index (χ0) is 17.2. The van der Waals surface area contributed by atoms with Crippen LogP contribution in [-0.2, 0) is 9.59 Å². The molecule has 1 aromatic heterocycles. The highest BCUT2D eigenvalue weighted by atomic mass is 16.2. The highest BCUT2D eigenvalue weighted by molar-refractivity contribution is 5.95. The Morgan fingerprint density at radius 3 is 2.72 bits per heavy atom. The average molecular weight is 346 g/mol. The van der Waals surface area contributed by atoms with Gasteiger partial charge in [-0.2, -0.15) is 5.10 Å². The summed E-state index contributed by atoms with van der Waals surface area (Å²) in [5.74, 6) is 0.373. The Bertz CT molecular complexity index is 639. The molecule has 1 aromatic rings. The summed E-state index contributed by atoms with van der Waals surface area (Å²) >= 11 is 0. The van der Waals surface area contributed by atoms with Gasteiger partial charge in [0.1, 0.15) is 0 Å². The molecule has 0 saturated carbocycles. The molecule has 0 unspecified atom stereocenters. The molecule has 2 amide bonds. The molecule has 0 radical (unpaired) electrons. The number of anilines is 1. The summed E-state index contributed by atoms with van der Waals surface area (Å²) in [6.45, 7) is 7.41. The van der Waals surface area contributed by atoms with Gasteiger partial charge in [0, 0.05) is 71.4 Å². The molecule has 3 aliphatic rings. The standard InChI is InChI=1S/C17H26N6O2/c24-16-3-6-20(7-4-18-16)8-9-21-11-15(12-21)23-13-14(10-19-23)22-5-1-2-17(22)25/h10,13,15H,1-9,11-12H2,(H,18,24). The maximum atomic E-state index is 11.8. The van der Waals surface area contributed by atoms with Gasteiger partial charge in [-0.05, 0) is 6.42 Å². The van der Waals surface area contributed by atoms with E-state index in [2.05, 4.69) is 20.2 Å². The number of carbonyl (C=O) groups excluding carboxylic acids is 2. The Balaban J connectivity index is 1.22. The Morgan fingerprint density at radius 2 is 1.92 bits per heavy atom. The molecule has 8 nitrogen and oxygen atoms in total. The zero-order valence-corrected chi connectivity index (χ0v) is 14.6. The number of hydrogen-bond donors (Lipinski definition) is 1. The molecule has 4 rings (SSSR count). The van der Waals surface area contributed by atoms with Crippen molar-refractivity contribution in [1.29, 1.82) is 0 Å². The third-order valence-corrected chi connectivity index (χ3v) is 5.42. The minimum Gasteiger partial charge on any atom is -0.355 e. The summed E-state index contributed by atoms with van der Waals surface area (Å²) in [5.41, 5.74) is 0.933. The maximum Gasteiger partial charge on any atom is 0.227 e. The number of nitrogens with one attached hydrogen (secondary N) is 1. The van der Waals surface area contributed by atoms with Crippen LogP contribution in [0, 0.1) is 0 Å². The summed E-state index contributed by atoms with van der Waals surface area (Å²) in [7, 11) is 0. The summed E-state index contributed by atoms with van der Waals surface area (Å²) < 4.78 is 2.01. The molecule has 0 spiro atoms. The summed E-state index contributed by atoms with van der Waals surface area (Å²) in [6.07, 6.45) is 6.02. The minimum absolute atomic E-state index is 0.164. The molecule has 0 aliphatic carbocycles. The van der Waals surface area contributed by atoms with Gasteiger partial charge in [-0.15, -0.1) is 0 Å². The van der Waals surface area contributed by atoms with E-state index in [-0.39, 0.29) is 11.8 Å². The first-order valence-corrected chi connectivity index (χ1v) is 9.25. The number of likely N-dealkylation sites (tertiary alicyclic amines) is 1. The number of aromatic nitrogens is 2. The molecular weight excluding hydrogens is 320 g/mol. The fourth-order valence-electron chi connectivity index (χ4n) is 3.80. The van der Waals surface area contributed by atoms with Crippen molar-refractivity contribution in [2.75, 3.05) is 57.3 Å². The first kappa shape index (κ1) is 16.5. The van der Waals surface area contributed by atoms with Crippen molar-refractivity contribution in [2.24, 2.45) is 0 Å². The van der Waals surface area contributed by atoms with E-state index in [4.69, 9.17) is 0 Å². The van der Waals surface area contributed by atoms with Crippen LogP contribution in [0.15, 0.2) is 12.4 Å². The Labute approximate surface area is 147 Å². The molecule has 3 saturated heterocycles. The predicted octanol–water partition coefficient (Wildman–Crippen LogP) is -0.311.